The highest BCUT2D eigenvalue weighted by molar-refractivity contribution is 4.59. The van der Waals surface area contributed by atoms with Gasteiger partial charge in [-0.05, 0) is 19.4 Å². The quantitative estimate of drug-likeness (QED) is 0.352. The molecule has 0 saturated heterocycles. The molecule has 0 fully saturated rings. The molecule has 0 aliphatic heterocycles. The monoisotopic (exact) mass is 256 g/mol. The average molecular weight is 256 g/mol. The second kappa shape index (κ2) is 15.0. The molecule has 0 bridgehead atoms. The van der Waals surface area contributed by atoms with Gasteiger partial charge in [-0.1, -0.05) is 78.1 Å². The van der Waals surface area contributed by atoms with Gasteiger partial charge < -0.3 is 11.1 Å². The van der Waals surface area contributed by atoms with E-state index in [-0.39, 0.29) is 6.17 Å². The molecule has 0 radical (unpaired) electrons. The van der Waals surface area contributed by atoms with Gasteiger partial charge >= 0.3 is 0 Å². The zero-order valence-electron chi connectivity index (χ0n) is 12.8. The standard InChI is InChI=1S/C16H36N2/c1-3-5-7-9-10-11-12-14-16(17)18-15-13-8-6-4-2/h16,18H,3-15,17H2,1-2H3. The molecule has 0 aromatic carbocycles. The fourth-order valence-electron chi connectivity index (χ4n) is 2.26. The second-order valence-electron chi connectivity index (χ2n) is 5.53. The van der Waals surface area contributed by atoms with Crippen molar-refractivity contribution in [2.45, 2.75) is 97.1 Å². The minimum absolute atomic E-state index is 0.224. The molecule has 3 N–H and O–H groups in total. The van der Waals surface area contributed by atoms with E-state index >= 15 is 0 Å². The Balaban J connectivity index is 3.09. The minimum Gasteiger partial charge on any atom is -0.316 e. The number of hydrogen-bond donors (Lipinski definition) is 2. The third kappa shape index (κ3) is 14.0. The minimum atomic E-state index is 0.224. The van der Waals surface area contributed by atoms with Crippen molar-refractivity contribution in [2.75, 3.05) is 6.54 Å². The Bertz CT molecular complexity index is 148. The Hall–Kier alpha value is -0.0800. The molecule has 1 unspecified atom stereocenters. The van der Waals surface area contributed by atoms with E-state index in [1.807, 2.05) is 0 Å². The van der Waals surface area contributed by atoms with E-state index < -0.39 is 0 Å². The van der Waals surface area contributed by atoms with Crippen LogP contribution in [0.4, 0.5) is 0 Å². The van der Waals surface area contributed by atoms with Gasteiger partial charge in [-0.15, -0.1) is 0 Å². The third-order valence-corrected chi connectivity index (χ3v) is 3.56. The maximum Gasteiger partial charge on any atom is 0.0546 e. The molecule has 2 nitrogen and oxygen atoms in total. The van der Waals surface area contributed by atoms with Crippen LogP contribution in [0.3, 0.4) is 0 Å². The number of rotatable bonds is 14. The molecule has 0 aliphatic rings. The fourth-order valence-corrected chi connectivity index (χ4v) is 2.26. The molecule has 0 spiro atoms. The lowest BCUT2D eigenvalue weighted by Crippen LogP contribution is -2.37. The molecular formula is C16H36N2. The summed E-state index contributed by atoms with van der Waals surface area (Å²) in [6.07, 6.45) is 16.2. The van der Waals surface area contributed by atoms with Crippen molar-refractivity contribution in [1.82, 2.24) is 5.32 Å². The molecule has 0 saturated carbocycles. The van der Waals surface area contributed by atoms with Gasteiger partial charge in [0.05, 0.1) is 6.17 Å². The first kappa shape index (κ1) is 17.9. The highest BCUT2D eigenvalue weighted by Gasteiger charge is 2.00. The molecule has 0 aromatic heterocycles. The molecule has 0 aromatic rings. The number of nitrogens with one attached hydrogen (secondary N) is 1. The first-order valence-corrected chi connectivity index (χ1v) is 8.30. The number of nitrogens with two attached hydrogens (primary N) is 1. The van der Waals surface area contributed by atoms with E-state index in [9.17, 15) is 0 Å². The Morgan fingerprint density at radius 1 is 0.722 bits per heavy atom. The summed E-state index contributed by atoms with van der Waals surface area (Å²) in [7, 11) is 0. The van der Waals surface area contributed by atoms with Crippen LogP contribution >= 0.6 is 0 Å². The van der Waals surface area contributed by atoms with Crippen molar-refractivity contribution in [1.29, 1.82) is 0 Å². The molecular weight excluding hydrogens is 220 g/mol. The highest BCUT2D eigenvalue weighted by atomic mass is 15.0. The summed E-state index contributed by atoms with van der Waals surface area (Å²) < 4.78 is 0. The van der Waals surface area contributed by atoms with E-state index in [2.05, 4.69) is 19.2 Å². The van der Waals surface area contributed by atoms with Gasteiger partial charge in [0.1, 0.15) is 0 Å². The van der Waals surface area contributed by atoms with Crippen molar-refractivity contribution in [3.63, 3.8) is 0 Å². The van der Waals surface area contributed by atoms with Crippen LogP contribution in [0.5, 0.6) is 0 Å². The van der Waals surface area contributed by atoms with Crippen molar-refractivity contribution in [3.05, 3.63) is 0 Å². The van der Waals surface area contributed by atoms with E-state index in [0.717, 1.165) is 13.0 Å². The van der Waals surface area contributed by atoms with Crippen molar-refractivity contribution >= 4 is 0 Å². The van der Waals surface area contributed by atoms with Gasteiger partial charge in [0.2, 0.25) is 0 Å². The van der Waals surface area contributed by atoms with E-state index in [4.69, 9.17) is 5.73 Å². The lowest BCUT2D eigenvalue weighted by molar-refractivity contribution is 0.453. The SMILES string of the molecule is CCCCCCCCCC(N)NCCCCCC. The average Bonchev–Trinajstić information content (AvgIpc) is 2.37. The Labute approximate surface area is 115 Å². The molecule has 110 valence electrons. The van der Waals surface area contributed by atoms with Crippen molar-refractivity contribution in [2.24, 2.45) is 5.73 Å². The van der Waals surface area contributed by atoms with Crippen molar-refractivity contribution < 1.29 is 0 Å². The van der Waals surface area contributed by atoms with Crippen LogP contribution in [-0.2, 0) is 0 Å². The van der Waals surface area contributed by atoms with Gasteiger partial charge in [-0.25, -0.2) is 0 Å². The van der Waals surface area contributed by atoms with Gasteiger partial charge in [-0.2, -0.15) is 0 Å². The smallest absolute Gasteiger partial charge is 0.0546 e. The first-order valence-electron chi connectivity index (χ1n) is 8.30. The zero-order valence-corrected chi connectivity index (χ0v) is 12.8. The van der Waals surface area contributed by atoms with Crippen LogP contribution < -0.4 is 11.1 Å². The molecule has 0 rings (SSSR count). The third-order valence-electron chi connectivity index (χ3n) is 3.56. The Morgan fingerprint density at radius 3 is 1.83 bits per heavy atom. The summed E-state index contributed by atoms with van der Waals surface area (Å²) in [5.74, 6) is 0. The maximum absolute atomic E-state index is 6.04. The molecule has 0 heterocycles. The molecule has 1 atom stereocenters. The summed E-state index contributed by atoms with van der Waals surface area (Å²) in [6.45, 7) is 5.61. The molecule has 0 amide bonds. The number of unbranched alkanes of at least 4 members (excludes halogenated alkanes) is 9. The van der Waals surface area contributed by atoms with Crippen LogP contribution in [0.2, 0.25) is 0 Å². The van der Waals surface area contributed by atoms with E-state index in [1.165, 1.54) is 70.6 Å². The summed E-state index contributed by atoms with van der Waals surface area (Å²) >= 11 is 0. The predicted molar refractivity (Wildman–Crippen MR) is 82.7 cm³/mol. The van der Waals surface area contributed by atoms with Crippen LogP contribution in [-0.4, -0.2) is 12.7 Å². The number of hydrogen-bond acceptors (Lipinski definition) is 2. The highest BCUT2D eigenvalue weighted by Crippen LogP contribution is 2.08. The van der Waals surface area contributed by atoms with E-state index in [1.54, 1.807) is 0 Å². The van der Waals surface area contributed by atoms with Gasteiger partial charge in [0.15, 0.2) is 0 Å². The topological polar surface area (TPSA) is 38.0 Å². The zero-order chi connectivity index (χ0) is 13.5. The van der Waals surface area contributed by atoms with E-state index in [0.29, 0.717) is 0 Å². The van der Waals surface area contributed by atoms with Crippen LogP contribution in [0, 0.1) is 0 Å². The lowest BCUT2D eigenvalue weighted by atomic mass is 10.1. The predicted octanol–water partition coefficient (Wildman–Crippen LogP) is 4.58. The molecule has 0 aliphatic carbocycles. The Kier molecular flexibility index (Phi) is 14.9. The van der Waals surface area contributed by atoms with Crippen LogP contribution in [0.15, 0.2) is 0 Å². The fraction of sp³-hybridized carbons (Fsp3) is 1.00. The van der Waals surface area contributed by atoms with Crippen LogP contribution in [0.1, 0.15) is 90.9 Å². The largest absolute Gasteiger partial charge is 0.316 e. The normalized spacial score (nSPS) is 12.8. The lowest BCUT2D eigenvalue weighted by Gasteiger charge is -2.13. The van der Waals surface area contributed by atoms with Crippen molar-refractivity contribution in [3.8, 4) is 0 Å². The molecule has 2 heteroatoms. The van der Waals surface area contributed by atoms with Gasteiger partial charge in [0, 0.05) is 0 Å². The summed E-state index contributed by atoms with van der Waals surface area (Å²) in [4.78, 5) is 0. The van der Waals surface area contributed by atoms with Gasteiger partial charge in [-0.3, -0.25) is 0 Å². The molecule has 18 heavy (non-hydrogen) atoms. The maximum atomic E-state index is 6.04. The van der Waals surface area contributed by atoms with Crippen LogP contribution in [0.25, 0.3) is 0 Å². The summed E-state index contributed by atoms with van der Waals surface area (Å²) in [6, 6.07) is 0. The summed E-state index contributed by atoms with van der Waals surface area (Å²) in [5, 5.41) is 3.43. The summed E-state index contributed by atoms with van der Waals surface area (Å²) in [5.41, 5.74) is 6.04. The van der Waals surface area contributed by atoms with Gasteiger partial charge in [0.25, 0.3) is 0 Å². The first-order chi connectivity index (χ1) is 8.81. The Morgan fingerprint density at radius 2 is 1.22 bits per heavy atom. The second-order valence-corrected chi connectivity index (χ2v) is 5.53.